The molecule has 0 aromatic heterocycles. The average molecular weight is 764 g/mol. The van der Waals surface area contributed by atoms with E-state index in [1.165, 1.54) is 0 Å². The van der Waals surface area contributed by atoms with Crippen molar-refractivity contribution < 1.29 is 52.2 Å². The van der Waals surface area contributed by atoms with Gasteiger partial charge in [0.25, 0.3) is 0 Å². The van der Waals surface area contributed by atoms with Gasteiger partial charge in [0.15, 0.2) is 0 Å². The number of rotatable bonds is 12. The van der Waals surface area contributed by atoms with Gasteiger partial charge in [-0.1, -0.05) is 31.5 Å². The normalized spacial score (nSPS) is 12.1. The molecule has 0 saturated carbocycles. The Labute approximate surface area is 256 Å². The van der Waals surface area contributed by atoms with Crippen molar-refractivity contribution in [3.05, 3.63) is 95.0 Å². The molecule has 0 spiro atoms. The first-order valence-corrected chi connectivity index (χ1v) is 18.3. The number of phenolic OH excluding ortho intramolecular Hbond substituents is 1. The van der Waals surface area contributed by atoms with Crippen LogP contribution in [0.2, 0.25) is 0 Å². The van der Waals surface area contributed by atoms with Crippen LogP contribution >= 0.6 is 12.4 Å². The molecule has 0 aliphatic carbocycles. The van der Waals surface area contributed by atoms with Crippen LogP contribution in [0.25, 0.3) is 0 Å². The number of nitrogens with zero attached hydrogens (tertiary/aromatic N) is 2. The minimum Gasteiger partial charge on any atom is -0.508 e. The fraction of sp³-hybridized carbons (Fsp3) is 0.379. The van der Waals surface area contributed by atoms with E-state index in [2.05, 4.69) is 14.6 Å². The maximum Gasteiger partial charge on any atom is 0.115 e. The van der Waals surface area contributed by atoms with Gasteiger partial charge in [-0.15, -0.1) is 12.4 Å². The predicted molar refractivity (Wildman–Crippen MR) is 154 cm³/mol. The summed E-state index contributed by atoms with van der Waals surface area (Å²) >= 11 is -1.87. The van der Waals surface area contributed by atoms with Gasteiger partial charge in [0, 0.05) is 19.6 Å². The molecule has 40 heavy (non-hydrogen) atoms. The van der Waals surface area contributed by atoms with Crippen molar-refractivity contribution in [1.29, 1.82) is 0 Å². The molecule has 0 amide bonds. The predicted octanol–water partition coefficient (Wildman–Crippen LogP) is 5.30. The second kappa shape index (κ2) is 23.1. The first-order chi connectivity index (χ1) is 19.1. The van der Waals surface area contributed by atoms with Gasteiger partial charge in [0.05, 0.1) is 26.4 Å². The van der Waals surface area contributed by atoms with Crippen molar-refractivity contribution in [2.45, 2.75) is 26.2 Å². The summed E-state index contributed by atoms with van der Waals surface area (Å²) < 4.78 is 22.1. The molecule has 1 saturated heterocycles. The standard InChI is InChI=1S/C17H27NO3.C6H6O.C6H5.ClH.Hg.NO3/c1-2-3-12-20-16-5-7-17(8-6-16)21-13-4-9-18-10-14-19-15-11-18;7-6-4-2-1-3-5-6;1-2-4-6-5-3-1;;;2-1(3)4/h5-8H,2-4,9-15H2,1H3;1-5,7H;1-5H;1H;;/q;;;;+1;-1. The van der Waals surface area contributed by atoms with Gasteiger partial charge in [-0.3, -0.25) is 4.90 Å². The molecule has 3 aromatic rings. The number of halogens is 1. The fourth-order valence-electron chi connectivity index (χ4n) is 3.40. The molecule has 0 unspecified atom stereocenters. The number of para-hydroxylation sites is 1. The molecular weight excluding hydrogens is 724 g/mol. The Morgan fingerprint density at radius 3 is 1.88 bits per heavy atom. The summed E-state index contributed by atoms with van der Waals surface area (Å²) in [5.41, 5.74) is 0. The summed E-state index contributed by atoms with van der Waals surface area (Å²) in [7, 11) is 0. The SMILES string of the molecule is CCCCOc1ccc(OCCCN2CCOCC2)cc1.Cl.O=[N+]([O-])[O][Hg][c]1ccccc1.Oc1ccccc1. The van der Waals surface area contributed by atoms with Gasteiger partial charge < -0.3 is 19.3 Å². The summed E-state index contributed by atoms with van der Waals surface area (Å²) in [5, 5.41) is 17.7. The Morgan fingerprint density at radius 2 is 1.40 bits per heavy atom. The quantitative estimate of drug-likeness (QED) is 0.115. The van der Waals surface area contributed by atoms with Crippen LogP contribution < -0.4 is 12.5 Å². The largest absolute Gasteiger partial charge is 0.508 e. The summed E-state index contributed by atoms with van der Waals surface area (Å²) in [6.07, 6.45) is 3.30. The van der Waals surface area contributed by atoms with Crippen molar-refractivity contribution in [2.24, 2.45) is 0 Å². The van der Waals surface area contributed by atoms with Crippen LogP contribution in [-0.2, 0) is 32.5 Å². The van der Waals surface area contributed by atoms with Crippen LogP contribution in [0.5, 0.6) is 17.2 Å². The third-order valence-corrected chi connectivity index (χ3v) is 9.97. The van der Waals surface area contributed by atoms with Crippen molar-refractivity contribution in [3.63, 3.8) is 0 Å². The number of hydrogen-bond acceptors (Lipinski definition) is 8. The zero-order valence-corrected chi connectivity index (χ0v) is 29.4. The van der Waals surface area contributed by atoms with Gasteiger partial charge in [-0.05, 0) is 49.2 Å². The second-order valence-electron chi connectivity index (χ2n) is 8.65. The number of morpholine rings is 1. The van der Waals surface area contributed by atoms with Gasteiger partial charge in [-0.25, -0.2) is 0 Å². The number of hydrogen-bond donors (Lipinski definition) is 1. The van der Waals surface area contributed by atoms with Crippen LogP contribution in [0.3, 0.4) is 0 Å². The van der Waals surface area contributed by atoms with E-state index in [0.717, 1.165) is 79.9 Å². The molecule has 3 aromatic carbocycles. The fourth-order valence-corrected chi connectivity index (χ4v) is 6.19. The van der Waals surface area contributed by atoms with E-state index in [0.29, 0.717) is 5.75 Å². The molecule has 1 aliphatic rings. The summed E-state index contributed by atoms with van der Waals surface area (Å²) in [4.78, 5) is 12.2. The van der Waals surface area contributed by atoms with Crippen molar-refractivity contribution >= 4 is 15.5 Å². The van der Waals surface area contributed by atoms with Crippen molar-refractivity contribution in [2.75, 3.05) is 46.1 Å². The van der Waals surface area contributed by atoms with Crippen LogP contribution in [-0.4, -0.2) is 61.2 Å². The van der Waals surface area contributed by atoms with E-state index < -0.39 is 30.1 Å². The molecule has 0 bridgehead atoms. The van der Waals surface area contributed by atoms with E-state index in [9.17, 15) is 10.1 Å². The molecule has 0 atom stereocenters. The number of aromatic hydroxyl groups is 1. The zero-order chi connectivity index (χ0) is 28.0. The first kappa shape index (κ1) is 35.4. The molecule has 1 fully saturated rings. The molecule has 9 nitrogen and oxygen atoms in total. The molecule has 1 N–H and O–H groups in total. The minimum atomic E-state index is -1.87. The molecule has 4 rings (SSSR count). The Bertz CT molecular complexity index is 1010. The number of phenols is 1. The summed E-state index contributed by atoms with van der Waals surface area (Å²) in [6.45, 7) is 8.61. The third-order valence-electron chi connectivity index (χ3n) is 5.52. The molecular formula is C29H39ClHgN2O7. The van der Waals surface area contributed by atoms with E-state index in [4.69, 9.17) is 19.3 Å². The minimum absolute atomic E-state index is 0. The Hall–Kier alpha value is -2.59. The maximum atomic E-state index is 9.81. The monoisotopic (exact) mass is 764 g/mol. The maximum absolute atomic E-state index is 9.81. The number of ether oxygens (including phenoxy) is 3. The number of benzene rings is 3. The summed E-state index contributed by atoms with van der Waals surface area (Å²) in [5.74, 6) is 2.16. The van der Waals surface area contributed by atoms with E-state index >= 15 is 0 Å². The Kier molecular flexibility index (Phi) is 20.5. The number of unbranched alkanes of at least 4 members (excludes halogenated alkanes) is 1. The zero-order valence-electron chi connectivity index (χ0n) is 23.1. The smallest absolute Gasteiger partial charge is 0.115 e. The van der Waals surface area contributed by atoms with Gasteiger partial charge in [-0.2, -0.15) is 0 Å². The average Bonchev–Trinajstić information content (AvgIpc) is 2.97. The van der Waals surface area contributed by atoms with Crippen LogP contribution in [0.1, 0.15) is 26.2 Å². The van der Waals surface area contributed by atoms with E-state index in [-0.39, 0.29) is 12.4 Å². The van der Waals surface area contributed by atoms with Crippen LogP contribution in [0, 0.1) is 10.1 Å². The van der Waals surface area contributed by atoms with Crippen molar-refractivity contribution in [1.82, 2.24) is 4.90 Å². The van der Waals surface area contributed by atoms with E-state index in [1.54, 1.807) is 24.3 Å². The Balaban J connectivity index is 0.000000350. The third kappa shape index (κ3) is 17.9. The summed E-state index contributed by atoms with van der Waals surface area (Å²) in [6, 6.07) is 26.0. The van der Waals surface area contributed by atoms with Gasteiger partial charge >= 0.3 is 76.4 Å². The van der Waals surface area contributed by atoms with Crippen LogP contribution in [0.4, 0.5) is 0 Å². The molecule has 1 aliphatic heterocycles. The second-order valence-corrected chi connectivity index (χ2v) is 13.9. The van der Waals surface area contributed by atoms with E-state index in [1.807, 2.05) is 60.7 Å². The van der Waals surface area contributed by atoms with Gasteiger partial charge in [0.1, 0.15) is 17.2 Å². The van der Waals surface area contributed by atoms with Crippen LogP contribution in [0.15, 0.2) is 84.9 Å². The van der Waals surface area contributed by atoms with Gasteiger partial charge in [0.2, 0.25) is 0 Å². The topological polar surface area (TPSA) is 104 Å². The van der Waals surface area contributed by atoms with Crippen molar-refractivity contribution in [3.8, 4) is 17.2 Å². The first-order valence-electron chi connectivity index (χ1n) is 13.3. The molecule has 1 heterocycles. The molecule has 11 heteroatoms. The molecule has 0 radical (unpaired) electrons. The Morgan fingerprint density at radius 1 is 0.875 bits per heavy atom. The molecule has 216 valence electrons.